The van der Waals surface area contributed by atoms with E-state index in [9.17, 15) is 0 Å². The first-order valence-corrected chi connectivity index (χ1v) is 30.9. The molecule has 2 atom stereocenters. The van der Waals surface area contributed by atoms with Crippen LogP contribution in [-0.4, -0.2) is 83.2 Å². The normalized spacial score (nSPS) is 16.1. The van der Waals surface area contributed by atoms with Gasteiger partial charge in [0.1, 0.15) is 0 Å². The van der Waals surface area contributed by atoms with E-state index in [0.717, 1.165) is 39.3 Å². The summed E-state index contributed by atoms with van der Waals surface area (Å²) in [6.45, 7) is 15.7. The van der Waals surface area contributed by atoms with Crippen LogP contribution in [0.2, 0.25) is 10.5 Å². The Morgan fingerprint density at radius 2 is 1.00 bits per heavy atom. The maximum atomic E-state index is 5.14. The van der Waals surface area contributed by atoms with Crippen LogP contribution < -0.4 is 0 Å². The van der Waals surface area contributed by atoms with E-state index in [4.69, 9.17) is 9.98 Å². The number of hydrogen-bond acceptors (Lipinski definition) is 6. The quantitative estimate of drug-likeness (QED) is 0.0584. The monoisotopic (exact) mass is 810 g/mol. The van der Waals surface area contributed by atoms with Crippen molar-refractivity contribution in [1.82, 2.24) is 9.80 Å². The number of fused-ring (bicyclic) bond motifs is 2. The van der Waals surface area contributed by atoms with Crippen molar-refractivity contribution in [3.8, 4) is 0 Å². The number of nitrogens with zero attached hydrogens (tertiary/aromatic N) is 4. The Bertz CT molecular complexity index is 1670. The molecule has 2 aliphatic rings. The summed E-state index contributed by atoms with van der Waals surface area (Å²) in [7, 11) is 2.65. The number of aliphatic imine (C=N–C) groups is 2. The van der Waals surface area contributed by atoms with E-state index in [0.29, 0.717) is 11.8 Å². The van der Waals surface area contributed by atoms with Crippen molar-refractivity contribution in [2.24, 2.45) is 9.98 Å². The number of amidine groups is 2. The molecule has 0 aliphatic carbocycles. The first-order chi connectivity index (χ1) is 26.0. The van der Waals surface area contributed by atoms with Crippen LogP contribution in [0.3, 0.4) is 0 Å². The van der Waals surface area contributed by atoms with Gasteiger partial charge < -0.3 is 0 Å². The molecule has 53 heavy (non-hydrogen) atoms. The predicted molar refractivity (Wildman–Crippen MR) is 241 cm³/mol. The molecule has 7 heteroatoms. The van der Waals surface area contributed by atoms with Crippen molar-refractivity contribution < 1.29 is 0 Å². The molecule has 6 rings (SSSR count). The van der Waals surface area contributed by atoms with Crippen LogP contribution in [0.1, 0.15) is 102 Å². The van der Waals surface area contributed by atoms with Gasteiger partial charge in [0.15, 0.2) is 0 Å². The first kappa shape index (κ1) is 40.3. The fourth-order valence-electron chi connectivity index (χ4n) is 8.59. The number of unbranched alkanes of at least 4 members (excludes halogenated alkanes) is 6. The Balaban J connectivity index is 1.13. The van der Waals surface area contributed by atoms with Gasteiger partial charge >= 0.3 is 332 Å². The molecule has 284 valence electrons. The summed E-state index contributed by atoms with van der Waals surface area (Å²) in [6.07, 6.45) is 11.0. The molecule has 0 saturated heterocycles. The summed E-state index contributed by atoms with van der Waals surface area (Å²) in [5.74, 6) is 5.71. The second kappa shape index (κ2) is 20.5. The van der Waals surface area contributed by atoms with Gasteiger partial charge in [-0.25, -0.2) is 0 Å². The van der Waals surface area contributed by atoms with Crippen molar-refractivity contribution in [3.63, 3.8) is 0 Å². The third-order valence-corrected chi connectivity index (χ3v) is 35.2. The number of rotatable bonds is 22. The molecule has 0 fully saturated rings. The van der Waals surface area contributed by atoms with Crippen molar-refractivity contribution in [3.05, 3.63) is 96.1 Å². The van der Waals surface area contributed by atoms with Crippen LogP contribution in [0.4, 0.5) is 0 Å². The van der Waals surface area contributed by atoms with Crippen LogP contribution >= 0.6 is 20.2 Å². The molecule has 4 aromatic carbocycles. The van der Waals surface area contributed by atoms with E-state index >= 15 is 0 Å². The van der Waals surface area contributed by atoms with E-state index in [1.165, 1.54) is 118 Å². The topological polar surface area (TPSA) is 31.2 Å². The van der Waals surface area contributed by atoms with Gasteiger partial charge in [-0.3, -0.25) is 0 Å². The predicted octanol–water partition coefficient (Wildman–Crippen LogP) is 12.4. The fraction of sp³-hybridized carbons (Fsp3) is 0.522. The zero-order valence-electron chi connectivity index (χ0n) is 33.1. The Kier molecular flexibility index (Phi) is 15.6. The zero-order valence-corrected chi connectivity index (χ0v) is 36.8. The molecule has 4 aromatic rings. The van der Waals surface area contributed by atoms with Crippen molar-refractivity contribution >= 4 is 64.4 Å². The molecule has 0 radical (unpaired) electrons. The van der Waals surface area contributed by atoms with Crippen LogP contribution in [0.5, 0.6) is 0 Å². The van der Waals surface area contributed by atoms with Crippen molar-refractivity contribution in [1.29, 1.82) is 0 Å². The molecule has 2 heterocycles. The number of benzene rings is 4. The standard InChI is InChI=1S/C46H64GeN4S2/c1-5-7-9-15-27-47(28-16-10-8-6-2,52-35-33-50-31-29-48-45(50)37(3)41-25-17-21-39-19-11-13-23-43(39)41)53-36-34-51-32-30-49-46(51)38(4)42-26-18-22-40-20-12-14-24-44(40)42/h11-14,17-26,37-38H,5-10,15-16,27-36H2,1-4H3. The van der Waals surface area contributed by atoms with Gasteiger partial charge in [-0.2, -0.15) is 0 Å². The molecule has 0 saturated carbocycles. The molecule has 0 aromatic heterocycles. The minimum atomic E-state index is -2.30. The average molecular weight is 810 g/mol. The van der Waals surface area contributed by atoms with E-state index in [-0.39, 0.29) is 0 Å². The second-order valence-corrected chi connectivity index (χ2v) is 35.7. The SMILES string of the molecule is CCCCC[CH2][Ge]([CH2]CCCCC)([S]CCN1CCN=C1C(C)c1cccc2ccccc12)[S]CCN1CCN=C1C(C)c1cccc2ccccc12. The number of hydrogen-bond donors (Lipinski definition) is 0. The summed E-state index contributed by atoms with van der Waals surface area (Å²) in [4.78, 5) is 15.6. The van der Waals surface area contributed by atoms with Gasteiger partial charge in [-0.1, -0.05) is 0 Å². The molecule has 0 N–H and O–H groups in total. The fourth-order valence-corrected chi connectivity index (χ4v) is 31.3. The van der Waals surface area contributed by atoms with E-state index < -0.39 is 11.0 Å². The Hall–Kier alpha value is -2.42. The summed E-state index contributed by atoms with van der Waals surface area (Å²) in [6, 6.07) is 31.3. The van der Waals surface area contributed by atoms with Crippen LogP contribution in [0.15, 0.2) is 94.9 Å². The molecule has 4 nitrogen and oxygen atoms in total. The first-order valence-electron chi connectivity index (χ1n) is 20.9. The van der Waals surface area contributed by atoms with Crippen molar-refractivity contribution in [2.75, 3.05) is 50.8 Å². The van der Waals surface area contributed by atoms with Gasteiger partial charge in [0.25, 0.3) is 0 Å². The summed E-state index contributed by atoms with van der Waals surface area (Å²) < 4.78 is 0. The van der Waals surface area contributed by atoms with Crippen LogP contribution in [-0.2, 0) is 0 Å². The second-order valence-electron chi connectivity index (χ2n) is 15.3. The third-order valence-electron chi connectivity index (χ3n) is 11.6. The minimum absolute atomic E-state index is 0.310. The molecular formula is C46H64GeN4S2. The summed E-state index contributed by atoms with van der Waals surface area (Å²) in [5, 5.41) is 8.40. The van der Waals surface area contributed by atoms with E-state index in [1.807, 2.05) is 0 Å². The van der Waals surface area contributed by atoms with E-state index in [1.54, 1.807) is 0 Å². The molecule has 0 amide bonds. The van der Waals surface area contributed by atoms with Gasteiger partial charge in [-0.15, -0.1) is 0 Å². The third kappa shape index (κ3) is 10.5. The molecule has 0 bridgehead atoms. The molecule has 0 spiro atoms. The Morgan fingerprint density at radius 1 is 0.566 bits per heavy atom. The average Bonchev–Trinajstić information content (AvgIpc) is 3.87. The summed E-state index contributed by atoms with van der Waals surface area (Å²) >= 11 is 0. The van der Waals surface area contributed by atoms with Crippen LogP contribution in [0.25, 0.3) is 21.5 Å². The van der Waals surface area contributed by atoms with Gasteiger partial charge in [0, 0.05) is 0 Å². The van der Waals surface area contributed by atoms with Crippen LogP contribution in [0, 0.1) is 0 Å². The maximum absolute atomic E-state index is 5.14. The van der Waals surface area contributed by atoms with Gasteiger partial charge in [-0.05, 0) is 0 Å². The van der Waals surface area contributed by atoms with E-state index in [2.05, 4.69) is 143 Å². The van der Waals surface area contributed by atoms with Gasteiger partial charge in [0.05, 0.1) is 0 Å². The van der Waals surface area contributed by atoms with Crippen molar-refractivity contribution in [2.45, 2.75) is 101 Å². The Morgan fingerprint density at radius 3 is 1.45 bits per heavy atom. The molecular weight excluding hydrogens is 745 g/mol. The molecule has 2 unspecified atom stereocenters. The Labute approximate surface area is 330 Å². The molecule has 2 aliphatic heterocycles. The summed E-state index contributed by atoms with van der Waals surface area (Å²) in [5.41, 5.74) is 2.82. The zero-order chi connectivity index (χ0) is 36.9. The van der Waals surface area contributed by atoms with Gasteiger partial charge in [0.2, 0.25) is 0 Å².